The normalized spacial score (nSPS) is 22.9. The Balaban J connectivity index is 1.38. The number of hydrogen-bond donors (Lipinski definition) is 2. The third-order valence-corrected chi connectivity index (χ3v) is 5.33. The second-order valence-electron chi connectivity index (χ2n) is 7.13. The zero-order chi connectivity index (χ0) is 15.9. The molecule has 0 radical (unpaired) electrons. The van der Waals surface area contributed by atoms with Gasteiger partial charge in [0.05, 0.1) is 5.60 Å². The number of rotatable bonds is 3. The zero-order valence-corrected chi connectivity index (χ0v) is 13.7. The fraction of sp³-hybridized carbons (Fsp3) is 0.526. The second-order valence-corrected chi connectivity index (χ2v) is 7.13. The summed E-state index contributed by atoms with van der Waals surface area (Å²) in [5.74, 6) is 0.0429. The molecule has 4 nitrogen and oxygen atoms in total. The number of carbonyl (C=O) groups excluding carboxylic acids is 1. The number of amides is 1. The number of aromatic nitrogens is 1. The number of carbonyl (C=O) groups is 1. The molecule has 2 fully saturated rings. The summed E-state index contributed by atoms with van der Waals surface area (Å²) in [6, 6.07) is 8.40. The van der Waals surface area contributed by atoms with Crippen LogP contribution < -0.4 is 5.32 Å². The van der Waals surface area contributed by atoms with Crippen molar-refractivity contribution in [2.75, 3.05) is 0 Å². The molecule has 1 atom stereocenters. The number of aryl methyl sites for hydroxylation is 1. The Kier molecular flexibility index (Phi) is 3.64. The highest BCUT2D eigenvalue weighted by molar-refractivity contribution is 5.82. The Morgan fingerprint density at radius 2 is 2.13 bits per heavy atom. The predicted molar refractivity (Wildman–Crippen MR) is 90.2 cm³/mol. The number of nitrogens with one attached hydrogen (secondary N) is 2. The average Bonchev–Trinajstić information content (AvgIpc) is 2.90. The molecule has 2 aromatic rings. The van der Waals surface area contributed by atoms with Crippen LogP contribution in [-0.2, 0) is 16.1 Å². The minimum absolute atomic E-state index is 0.0296. The summed E-state index contributed by atoms with van der Waals surface area (Å²) in [6.07, 6.45) is 6.31. The SMILES string of the molecule is Cc1cc2cc(CNC(=O)C3CCCC4(CCC4)O3)ccc2[nH]1. The van der Waals surface area contributed by atoms with Gasteiger partial charge in [-0.05, 0) is 74.6 Å². The van der Waals surface area contributed by atoms with Crippen LogP contribution in [0.5, 0.6) is 0 Å². The molecular formula is C19H24N2O2. The summed E-state index contributed by atoms with van der Waals surface area (Å²) in [5, 5.41) is 4.24. The quantitative estimate of drug-likeness (QED) is 0.910. The summed E-state index contributed by atoms with van der Waals surface area (Å²) in [7, 11) is 0. The third kappa shape index (κ3) is 2.88. The van der Waals surface area contributed by atoms with E-state index in [-0.39, 0.29) is 17.6 Å². The van der Waals surface area contributed by atoms with Gasteiger partial charge in [0.25, 0.3) is 0 Å². The van der Waals surface area contributed by atoms with Crippen LogP contribution >= 0.6 is 0 Å². The van der Waals surface area contributed by atoms with Crippen molar-refractivity contribution in [3.63, 3.8) is 0 Å². The van der Waals surface area contributed by atoms with Crippen LogP contribution in [-0.4, -0.2) is 22.6 Å². The fourth-order valence-electron chi connectivity index (χ4n) is 3.89. The van der Waals surface area contributed by atoms with Crippen LogP contribution in [0.15, 0.2) is 24.3 Å². The summed E-state index contributed by atoms with van der Waals surface area (Å²) in [6.45, 7) is 2.62. The van der Waals surface area contributed by atoms with Crippen molar-refractivity contribution in [2.24, 2.45) is 0 Å². The standard InChI is InChI=1S/C19H24N2O2/c1-13-10-15-11-14(5-6-16(15)21-13)12-20-18(22)17-4-2-7-19(23-17)8-3-9-19/h5-6,10-11,17,21H,2-4,7-9,12H2,1H3,(H,20,22). The van der Waals surface area contributed by atoms with Crippen molar-refractivity contribution in [3.05, 3.63) is 35.5 Å². The third-order valence-electron chi connectivity index (χ3n) is 5.33. The minimum Gasteiger partial charge on any atom is -0.362 e. The number of H-pyrrole nitrogens is 1. The van der Waals surface area contributed by atoms with Crippen LogP contribution in [0.4, 0.5) is 0 Å². The van der Waals surface area contributed by atoms with Gasteiger partial charge in [-0.3, -0.25) is 4.79 Å². The van der Waals surface area contributed by atoms with Crippen molar-refractivity contribution in [2.45, 2.75) is 63.7 Å². The highest BCUT2D eigenvalue weighted by atomic mass is 16.5. The van der Waals surface area contributed by atoms with Crippen molar-refractivity contribution < 1.29 is 9.53 Å². The van der Waals surface area contributed by atoms with Crippen LogP contribution in [0.25, 0.3) is 10.9 Å². The van der Waals surface area contributed by atoms with E-state index in [0.717, 1.165) is 48.9 Å². The lowest BCUT2D eigenvalue weighted by molar-refractivity contribution is -0.180. The van der Waals surface area contributed by atoms with Crippen LogP contribution in [0.1, 0.15) is 49.8 Å². The lowest BCUT2D eigenvalue weighted by Gasteiger charge is -2.47. The number of aromatic amines is 1. The molecule has 4 rings (SSSR count). The zero-order valence-electron chi connectivity index (χ0n) is 13.7. The highest BCUT2D eigenvalue weighted by Gasteiger charge is 2.43. The monoisotopic (exact) mass is 312 g/mol. The molecule has 1 unspecified atom stereocenters. The Hall–Kier alpha value is -1.81. The highest BCUT2D eigenvalue weighted by Crippen LogP contribution is 2.44. The molecule has 1 aliphatic carbocycles. The molecule has 122 valence electrons. The summed E-state index contributed by atoms with van der Waals surface area (Å²) < 4.78 is 6.12. The molecule has 1 aliphatic heterocycles. The van der Waals surface area contributed by atoms with Crippen LogP contribution in [0.2, 0.25) is 0 Å². The smallest absolute Gasteiger partial charge is 0.249 e. The second kappa shape index (κ2) is 5.68. The van der Waals surface area contributed by atoms with Gasteiger partial charge in [0.2, 0.25) is 5.91 Å². The van der Waals surface area contributed by atoms with Gasteiger partial charge in [0, 0.05) is 17.8 Å². The molecule has 1 amide bonds. The first kappa shape index (κ1) is 14.8. The van der Waals surface area contributed by atoms with E-state index in [0.29, 0.717) is 6.54 Å². The number of hydrogen-bond acceptors (Lipinski definition) is 2. The average molecular weight is 312 g/mol. The van der Waals surface area contributed by atoms with Gasteiger partial charge in [-0.2, -0.15) is 0 Å². The molecule has 2 heterocycles. The number of ether oxygens (including phenoxy) is 1. The summed E-state index contributed by atoms with van der Waals surface area (Å²) >= 11 is 0. The number of benzene rings is 1. The maximum Gasteiger partial charge on any atom is 0.249 e. The predicted octanol–water partition coefficient (Wildman–Crippen LogP) is 3.58. The molecule has 1 aromatic carbocycles. The lowest BCUT2D eigenvalue weighted by Crippen LogP contribution is -2.50. The topological polar surface area (TPSA) is 54.1 Å². The summed E-state index contributed by atoms with van der Waals surface area (Å²) in [5.41, 5.74) is 3.45. The van der Waals surface area contributed by atoms with Crippen molar-refractivity contribution in [1.29, 1.82) is 0 Å². The first-order chi connectivity index (χ1) is 11.1. The van der Waals surface area contributed by atoms with E-state index in [9.17, 15) is 4.79 Å². The molecule has 0 bridgehead atoms. The Labute approximate surface area is 136 Å². The Bertz CT molecular complexity index is 730. The maximum atomic E-state index is 12.4. The van der Waals surface area contributed by atoms with Gasteiger partial charge in [-0.15, -0.1) is 0 Å². The van der Waals surface area contributed by atoms with E-state index in [1.807, 2.05) is 0 Å². The van der Waals surface area contributed by atoms with Crippen molar-refractivity contribution in [1.82, 2.24) is 10.3 Å². The number of fused-ring (bicyclic) bond motifs is 1. The van der Waals surface area contributed by atoms with Gasteiger partial charge >= 0.3 is 0 Å². The van der Waals surface area contributed by atoms with Crippen LogP contribution in [0, 0.1) is 6.92 Å². The van der Waals surface area contributed by atoms with E-state index in [1.54, 1.807) is 0 Å². The fourth-order valence-corrected chi connectivity index (χ4v) is 3.89. The first-order valence-corrected chi connectivity index (χ1v) is 8.67. The largest absolute Gasteiger partial charge is 0.362 e. The van der Waals surface area contributed by atoms with E-state index in [2.05, 4.69) is 41.5 Å². The molecular weight excluding hydrogens is 288 g/mol. The Morgan fingerprint density at radius 3 is 2.91 bits per heavy atom. The molecule has 4 heteroatoms. The molecule has 2 N–H and O–H groups in total. The first-order valence-electron chi connectivity index (χ1n) is 8.67. The molecule has 23 heavy (non-hydrogen) atoms. The van der Waals surface area contributed by atoms with E-state index < -0.39 is 0 Å². The van der Waals surface area contributed by atoms with E-state index >= 15 is 0 Å². The van der Waals surface area contributed by atoms with Crippen molar-refractivity contribution >= 4 is 16.8 Å². The molecule has 2 aliphatic rings. The molecule has 1 saturated carbocycles. The van der Waals surface area contributed by atoms with Gasteiger partial charge in [-0.1, -0.05) is 6.07 Å². The van der Waals surface area contributed by atoms with Gasteiger partial charge in [-0.25, -0.2) is 0 Å². The summed E-state index contributed by atoms with van der Waals surface area (Å²) in [4.78, 5) is 15.7. The van der Waals surface area contributed by atoms with Crippen molar-refractivity contribution in [3.8, 4) is 0 Å². The maximum absolute atomic E-state index is 12.4. The molecule has 1 spiro atoms. The lowest BCUT2D eigenvalue weighted by atomic mass is 9.74. The van der Waals surface area contributed by atoms with Crippen LogP contribution in [0.3, 0.4) is 0 Å². The Morgan fingerprint density at radius 1 is 1.30 bits per heavy atom. The molecule has 1 aromatic heterocycles. The van der Waals surface area contributed by atoms with Gasteiger partial charge < -0.3 is 15.0 Å². The minimum atomic E-state index is -0.262. The van der Waals surface area contributed by atoms with E-state index in [1.165, 1.54) is 11.8 Å². The van der Waals surface area contributed by atoms with Gasteiger partial charge in [0.1, 0.15) is 6.10 Å². The van der Waals surface area contributed by atoms with Gasteiger partial charge in [0.15, 0.2) is 0 Å². The molecule has 1 saturated heterocycles. The van der Waals surface area contributed by atoms with E-state index in [4.69, 9.17) is 4.74 Å².